The van der Waals surface area contributed by atoms with E-state index < -0.39 is 27.4 Å². The van der Waals surface area contributed by atoms with Gasteiger partial charge in [-0.3, -0.25) is 9.59 Å². The second kappa shape index (κ2) is 19.2. The van der Waals surface area contributed by atoms with Crippen molar-refractivity contribution in [2.75, 3.05) is 26.2 Å². The van der Waals surface area contributed by atoms with Gasteiger partial charge in [-0.15, -0.1) is 16.7 Å². The van der Waals surface area contributed by atoms with Gasteiger partial charge in [-0.2, -0.15) is 0 Å². The summed E-state index contributed by atoms with van der Waals surface area (Å²) in [5.74, 6) is 6.04. The molecule has 10 heteroatoms. The van der Waals surface area contributed by atoms with E-state index in [1.54, 1.807) is 11.9 Å². The molecule has 0 aromatic rings. The molecule has 258 valence electrons. The molecule has 3 saturated carbocycles. The van der Waals surface area contributed by atoms with Crippen molar-refractivity contribution in [3.8, 4) is 11.8 Å². The zero-order valence-corrected chi connectivity index (χ0v) is 29.4. The number of amides is 2. The van der Waals surface area contributed by atoms with Gasteiger partial charge in [0.05, 0.1) is 17.4 Å². The van der Waals surface area contributed by atoms with Crippen molar-refractivity contribution in [1.29, 1.82) is 0 Å². The van der Waals surface area contributed by atoms with Gasteiger partial charge in [0.15, 0.2) is 0 Å². The van der Waals surface area contributed by atoms with Gasteiger partial charge in [0, 0.05) is 43.9 Å². The summed E-state index contributed by atoms with van der Waals surface area (Å²) >= 11 is 0. The first-order valence-electron chi connectivity index (χ1n) is 18.1. The third-order valence-electron chi connectivity index (χ3n) is 10.2. The van der Waals surface area contributed by atoms with Crippen LogP contribution in [-0.2, 0) is 19.6 Å². The third-order valence-corrected chi connectivity index (χ3v) is 12.1. The van der Waals surface area contributed by atoms with Crippen LogP contribution < -0.4 is 10.1 Å². The average molecular weight is 651 g/mol. The molecule has 0 aromatic heterocycles. The highest BCUT2D eigenvalue weighted by Gasteiger charge is 2.39. The van der Waals surface area contributed by atoms with Crippen LogP contribution in [0, 0.1) is 35.5 Å². The first-order chi connectivity index (χ1) is 21.6. The maximum absolute atomic E-state index is 14.0. The molecule has 3 fully saturated rings. The number of hydrogen-bond acceptors (Lipinski definition) is 6. The molecule has 5 atom stereocenters. The number of aliphatic hydroxyl groups is 1. The number of carbonyl (C=O) groups excluding carboxylic acids is 2. The van der Waals surface area contributed by atoms with Crippen molar-refractivity contribution >= 4 is 21.8 Å². The fourth-order valence-electron chi connectivity index (χ4n) is 7.80. The normalized spacial score (nSPS) is 24.8. The fraction of sp³-hybridized carbons (Fsp3) is 0.886. The van der Waals surface area contributed by atoms with Gasteiger partial charge in [0.1, 0.15) is 0 Å². The van der Waals surface area contributed by atoms with E-state index in [1.165, 1.54) is 6.42 Å². The first kappa shape index (κ1) is 37.8. The first-order valence-corrected chi connectivity index (χ1v) is 19.6. The fourth-order valence-corrected chi connectivity index (χ4v) is 9.46. The van der Waals surface area contributed by atoms with Crippen molar-refractivity contribution in [3.05, 3.63) is 0 Å². The Morgan fingerprint density at radius 1 is 0.889 bits per heavy atom. The molecule has 0 bridgehead atoms. The zero-order valence-electron chi connectivity index (χ0n) is 28.6. The molecule has 9 nitrogen and oxygen atoms in total. The van der Waals surface area contributed by atoms with Gasteiger partial charge in [0.2, 0.25) is 21.8 Å². The maximum atomic E-state index is 14.0. The number of carbonyl (C=O) groups is 2. The summed E-state index contributed by atoms with van der Waals surface area (Å²) in [4.78, 5) is 32.3. The van der Waals surface area contributed by atoms with Crippen LogP contribution in [0.15, 0.2) is 0 Å². The van der Waals surface area contributed by atoms with Gasteiger partial charge in [0.25, 0.3) is 0 Å². The van der Waals surface area contributed by atoms with Crippen LogP contribution in [0.1, 0.15) is 130 Å². The molecule has 3 N–H and O–H groups in total. The van der Waals surface area contributed by atoms with E-state index in [-0.39, 0.29) is 36.1 Å². The summed E-state index contributed by atoms with van der Waals surface area (Å²) in [7, 11) is -3.55. The SMILES string of the molecule is CC#CC1CC(C(=O)NC(CC2CCCCC2)C(O)CN(CC)NS(=O)(=O)C2CCCCC2)CC(C(=O)N(CCC)CCC)C1. The Bertz CT molecular complexity index is 1070. The van der Waals surface area contributed by atoms with Crippen molar-refractivity contribution in [2.45, 2.75) is 148 Å². The highest BCUT2D eigenvalue weighted by molar-refractivity contribution is 7.90. The highest BCUT2D eigenvalue weighted by Crippen LogP contribution is 2.35. The lowest BCUT2D eigenvalue weighted by atomic mass is 9.74. The molecule has 3 rings (SSSR count). The van der Waals surface area contributed by atoms with Crippen molar-refractivity contribution in [1.82, 2.24) is 20.1 Å². The predicted octanol–water partition coefficient (Wildman–Crippen LogP) is 5.00. The van der Waals surface area contributed by atoms with Crippen LogP contribution in [-0.4, -0.2) is 78.8 Å². The molecule has 0 spiro atoms. The smallest absolute Gasteiger partial charge is 0.227 e. The zero-order chi connectivity index (χ0) is 32.8. The second-order valence-corrected chi connectivity index (χ2v) is 15.8. The molecule has 0 saturated heterocycles. The van der Waals surface area contributed by atoms with Crippen molar-refractivity contribution in [3.63, 3.8) is 0 Å². The molecule has 3 aliphatic rings. The molecule has 3 aliphatic carbocycles. The summed E-state index contributed by atoms with van der Waals surface area (Å²) in [6.45, 7) is 9.78. The van der Waals surface area contributed by atoms with Crippen LogP contribution in [0.4, 0.5) is 0 Å². The van der Waals surface area contributed by atoms with Gasteiger partial charge >= 0.3 is 0 Å². The number of nitrogens with zero attached hydrogens (tertiary/aromatic N) is 2. The molecule has 2 amide bonds. The van der Waals surface area contributed by atoms with E-state index in [9.17, 15) is 23.1 Å². The van der Waals surface area contributed by atoms with E-state index in [2.05, 4.69) is 35.8 Å². The quantitative estimate of drug-likeness (QED) is 0.160. The number of sulfonamides is 1. The summed E-state index contributed by atoms with van der Waals surface area (Å²) < 4.78 is 26.3. The lowest BCUT2D eigenvalue weighted by molar-refractivity contribution is -0.139. The number of nitrogens with one attached hydrogen (secondary N) is 2. The average Bonchev–Trinajstić information content (AvgIpc) is 3.04. The Kier molecular flexibility index (Phi) is 16.1. The minimum Gasteiger partial charge on any atom is -0.390 e. The van der Waals surface area contributed by atoms with Crippen molar-refractivity contribution < 1.29 is 23.1 Å². The molecular formula is C35H62N4O5S. The van der Waals surface area contributed by atoms with E-state index in [0.29, 0.717) is 51.0 Å². The second-order valence-electron chi connectivity index (χ2n) is 13.9. The lowest BCUT2D eigenvalue weighted by Gasteiger charge is -2.37. The topological polar surface area (TPSA) is 119 Å². The number of hydrogen-bond donors (Lipinski definition) is 3. The molecular weight excluding hydrogens is 588 g/mol. The third kappa shape index (κ3) is 11.8. The molecule has 5 unspecified atom stereocenters. The van der Waals surface area contributed by atoms with Crippen LogP contribution in [0.2, 0.25) is 0 Å². The van der Waals surface area contributed by atoms with Gasteiger partial charge in [-0.05, 0) is 64.2 Å². The van der Waals surface area contributed by atoms with Gasteiger partial charge < -0.3 is 15.3 Å². The maximum Gasteiger partial charge on any atom is 0.227 e. The van der Waals surface area contributed by atoms with Gasteiger partial charge in [-0.25, -0.2) is 13.4 Å². The molecule has 0 aliphatic heterocycles. The van der Waals surface area contributed by atoms with Crippen LogP contribution in [0.5, 0.6) is 0 Å². The minimum atomic E-state index is -3.55. The Balaban J connectivity index is 1.74. The van der Waals surface area contributed by atoms with E-state index >= 15 is 0 Å². The Labute approximate surface area is 274 Å². The minimum absolute atomic E-state index is 0.0231. The predicted molar refractivity (Wildman–Crippen MR) is 180 cm³/mol. The van der Waals surface area contributed by atoms with E-state index in [4.69, 9.17) is 0 Å². The van der Waals surface area contributed by atoms with Crippen LogP contribution in [0.25, 0.3) is 0 Å². The Morgan fingerprint density at radius 2 is 1.49 bits per heavy atom. The van der Waals surface area contributed by atoms with Crippen LogP contribution >= 0.6 is 0 Å². The summed E-state index contributed by atoms with van der Waals surface area (Å²) in [6.07, 6.45) is 13.2. The molecule has 45 heavy (non-hydrogen) atoms. The van der Waals surface area contributed by atoms with E-state index in [1.807, 2.05) is 11.8 Å². The lowest BCUT2D eigenvalue weighted by Crippen LogP contribution is -2.55. The monoisotopic (exact) mass is 650 g/mol. The molecule has 0 aromatic carbocycles. The number of likely N-dealkylation sites (N-methyl/N-ethyl adjacent to an activating group) is 1. The number of rotatable bonds is 16. The molecule has 0 radical (unpaired) electrons. The highest BCUT2D eigenvalue weighted by atomic mass is 32.2. The molecule has 0 heterocycles. The van der Waals surface area contributed by atoms with E-state index in [0.717, 1.165) is 70.9 Å². The van der Waals surface area contributed by atoms with Gasteiger partial charge in [-0.1, -0.05) is 72.1 Å². The van der Waals surface area contributed by atoms with Crippen LogP contribution in [0.3, 0.4) is 0 Å². The number of aliphatic hydroxyl groups excluding tert-OH is 1. The standard InChI is InChI=1S/C35H62N4O5S/c1-5-15-28-22-29(25-30(23-28)35(42)38(20-6-2)21-7-3)34(41)36-32(24-27-16-11-9-12-17-27)33(40)26-39(8-4)37-45(43,44)31-18-13-10-14-19-31/h27-33,37,40H,6-14,16-26H2,1-4H3,(H,36,41). The summed E-state index contributed by atoms with van der Waals surface area (Å²) in [5.41, 5.74) is 0. The summed E-state index contributed by atoms with van der Waals surface area (Å²) in [5, 5.41) is 16.0. The number of hydrazine groups is 1. The van der Waals surface area contributed by atoms with Crippen molar-refractivity contribution in [2.24, 2.45) is 23.7 Å². The largest absolute Gasteiger partial charge is 0.390 e. The Morgan fingerprint density at radius 3 is 2.07 bits per heavy atom. The Hall–Kier alpha value is -1.67. The summed E-state index contributed by atoms with van der Waals surface area (Å²) in [6, 6.07) is -0.502.